The summed E-state index contributed by atoms with van der Waals surface area (Å²) < 4.78 is 21.6. The maximum absolute atomic E-state index is 14.1. The van der Waals surface area contributed by atoms with Gasteiger partial charge in [-0.1, -0.05) is 13.8 Å². The standard InChI is InChI=1S/C24H29FN4O2/c1-3-14-31-21-11-10-17(4-2)26-22(21)24(30)29-13-6-5-8-19(29)15-18-16-28-12-7-9-20(25)23(28)27-18/h7,9-12,16,19H,3-6,8,13-15H2,1-2H3. The lowest BCUT2D eigenvalue weighted by molar-refractivity contribution is 0.0601. The maximum atomic E-state index is 14.1. The van der Waals surface area contributed by atoms with Crippen molar-refractivity contribution < 1.29 is 13.9 Å². The van der Waals surface area contributed by atoms with Gasteiger partial charge in [0.05, 0.1) is 12.3 Å². The number of aromatic nitrogens is 3. The lowest BCUT2D eigenvalue weighted by atomic mass is 9.97. The largest absolute Gasteiger partial charge is 0.491 e. The van der Waals surface area contributed by atoms with Gasteiger partial charge in [0.25, 0.3) is 5.91 Å². The number of aryl methyl sites for hydroxylation is 1. The van der Waals surface area contributed by atoms with Gasteiger partial charge in [0.2, 0.25) is 0 Å². The quantitative estimate of drug-likeness (QED) is 0.562. The summed E-state index contributed by atoms with van der Waals surface area (Å²) in [5.41, 5.74) is 2.36. The van der Waals surface area contributed by atoms with E-state index in [4.69, 9.17) is 4.74 Å². The fourth-order valence-electron chi connectivity index (χ4n) is 4.15. The highest BCUT2D eigenvalue weighted by Crippen LogP contribution is 2.26. The molecule has 1 saturated heterocycles. The van der Waals surface area contributed by atoms with Crippen molar-refractivity contribution in [1.29, 1.82) is 0 Å². The summed E-state index contributed by atoms with van der Waals surface area (Å²) in [5, 5.41) is 0. The summed E-state index contributed by atoms with van der Waals surface area (Å²) in [4.78, 5) is 24.6. The molecule has 1 unspecified atom stereocenters. The SMILES string of the molecule is CCCOc1ccc(CC)nc1C(=O)N1CCCCC1Cc1cn2cccc(F)c2n1. The molecule has 4 rings (SSSR count). The molecule has 6 nitrogen and oxygen atoms in total. The number of likely N-dealkylation sites (tertiary alicyclic amines) is 1. The molecule has 164 valence electrons. The monoisotopic (exact) mass is 424 g/mol. The van der Waals surface area contributed by atoms with Gasteiger partial charge in [-0.15, -0.1) is 0 Å². The molecule has 0 N–H and O–H groups in total. The second-order valence-electron chi connectivity index (χ2n) is 8.02. The smallest absolute Gasteiger partial charge is 0.276 e. The number of carbonyl (C=O) groups is 1. The first kappa shape index (κ1) is 21.3. The Morgan fingerprint density at radius 2 is 2.06 bits per heavy atom. The molecule has 1 amide bonds. The van der Waals surface area contributed by atoms with Crippen LogP contribution in [0.1, 0.15) is 61.4 Å². The molecule has 0 saturated carbocycles. The number of hydrogen-bond donors (Lipinski definition) is 0. The number of amides is 1. The molecule has 0 radical (unpaired) electrons. The van der Waals surface area contributed by atoms with Crippen LogP contribution in [0.25, 0.3) is 5.65 Å². The predicted molar refractivity (Wildman–Crippen MR) is 117 cm³/mol. The van der Waals surface area contributed by atoms with E-state index in [2.05, 4.69) is 9.97 Å². The second kappa shape index (κ2) is 9.45. The van der Waals surface area contributed by atoms with E-state index >= 15 is 0 Å². The lowest BCUT2D eigenvalue weighted by Crippen LogP contribution is -2.45. The molecule has 0 bridgehead atoms. The van der Waals surface area contributed by atoms with E-state index < -0.39 is 0 Å². The summed E-state index contributed by atoms with van der Waals surface area (Å²) in [5.74, 6) is 0.104. The topological polar surface area (TPSA) is 59.7 Å². The molecular weight excluding hydrogens is 395 g/mol. The normalized spacial score (nSPS) is 16.6. The molecule has 1 aliphatic heterocycles. The number of rotatable bonds is 7. The van der Waals surface area contributed by atoms with Gasteiger partial charge in [-0.25, -0.2) is 14.4 Å². The Bertz CT molecular complexity index is 1060. The number of nitrogens with zero attached hydrogens (tertiary/aromatic N) is 4. The van der Waals surface area contributed by atoms with E-state index in [9.17, 15) is 9.18 Å². The summed E-state index contributed by atoms with van der Waals surface area (Å²) in [7, 11) is 0. The molecule has 4 heterocycles. The highest BCUT2D eigenvalue weighted by atomic mass is 19.1. The molecule has 1 aliphatic rings. The molecule has 31 heavy (non-hydrogen) atoms. The van der Waals surface area contributed by atoms with E-state index in [1.165, 1.54) is 6.07 Å². The van der Waals surface area contributed by atoms with Crippen molar-refractivity contribution in [1.82, 2.24) is 19.3 Å². The van der Waals surface area contributed by atoms with Crippen molar-refractivity contribution in [2.45, 2.75) is 58.4 Å². The summed E-state index contributed by atoms with van der Waals surface area (Å²) in [6.07, 6.45) is 8.74. The predicted octanol–water partition coefficient (Wildman–Crippen LogP) is 4.46. The minimum Gasteiger partial charge on any atom is -0.491 e. The van der Waals surface area contributed by atoms with E-state index in [-0.39, 0.29) is 17.8 Å². The molecule has 3 aromatic rings. The maximum Gasteiger partial charge on any atom is 0.276 e. The lowest BCUT2D eigenvalue weighted by Gasteiger charge is -2.35. The third-order valence-electron chi connectivity index (χ3n) is 5.76. The molecule has 0 aliphatic carbocycles. The third kappa shape index (κ3) is 4.55. The highest BCUT2D eigenvalue weighted by Gasteiger charge is 2.31. The Labute approximate surface area is 182 Å². The van der Waals surface area contributed by atoms with Crippen LogP contribution >= 0.6 is 0 Å². The van der Waals surface area contributed by atoms with Crippen LogP contribution in [0.4, 0.5) is 4.39 Å². The molecule has 0 spiro atoms. The highest BCUT2D eigenvalue weighted by molar-refractivity contribution is 5.95. The number of carbonyl (C=O) groups excluding carboxylic acids is 1. The van der Waals surface area contributed by atoms with Crippen LogP contribution in [0.2, 0.25) is 0 Å². The first-order valence-electron chi connectivity index (χ1n) is 11.2. The van der Waals surface area contributed by atoms with Gasteiger partial charge in [0.15, 0.2) is 22.9 Å². The van der Waals surface area contributed by atoms with Crippen LogP contribution in [0.3, 0.4) is 0 Å². The minimum atomic E-state index is -0.344. The van der Waals surface area contributed by atoms with Gasteiger partial charge in [-0.3, -0.25) is 4.79 Å². The van der Waals surface area contributed by atoms with Gasteiger partial charge in [-0.2, -0.15) is 0 Å². The van der Waals surface area contributed by atoms with Crippen molar-refractivity contribution in [2.24, 2.45) is 0 Å². The first-order chi connectivity index (χ1) is 15.1. The van der Waals surface area contributed by atoms with Crippen LogP contribution in [0.15, 0.2) is 36.7 Å². The van der Waals surface area contributed by atoms with Crippen molar-refractivity contribution in [3.05, 3.63) is 59.6 Å². The number of fused-ring (bicyclic) bond motifs is 1. The Hall–Kier alpha value is -2.96. The van der Waals surface area contributed by atoms with E-state index in [0.717, 1.165) is 43.5 Å². The minimum absolute atomic E-state index is 0.000307. The second-order valence-corrected chi connectivity index (χ2v) is 8.02. The fourth-order valence-corrected chi connectivity index (χ4v) is 4.15. The zero-order chi connectivity index (χ0) is 21.8. The summed E-state index contributed by atoms with van der Waals surface area (Å²) in [6.45, 7) is 5.28. The molecule has 1 fully saturated rings. The Kier molecular flexibility index (Phi) is 6.49. The van der Waals surface area contributed by atoms with Crippen molar-refractivity contribution in [2.75, 3.05) is 13.2 Å². The molecule has 7 heteroatoms. The van der Waals surface area contributed by atoms with Crippen LogP contribution in [0, 0.1) is 5.82 Å². The number of imidazole rings is 1. The number of halogens is 1. The van der Waals surface area contributed by atoms with Gasteiger partial charge < -0.3 is 14.0 Å². The average Bonchev–Trinajstić information content (AvgIpc) is 3.21. The van der Waals surface area contributed by atoms with Gasteiger partial charge in [0.1, 0.15) is 0 Å². The zero-order valence-corrected chi connectivity index (χ0v) is 18.2. The summed E-state index contributed by atoms with van der Waals surface area (Å²) in [6, 6.07) is 6.85. The van der Waals surface area contributed by atoms with E-state index in [1.807, 2.05) is 37.1 Å². The molecular formula is C24H29FN4O2. The average molecular weight is 425 g/mol. The number of pyridine rings is 2. The number of piperidine rings is 1. The van der Waals surface area contributed by atoms with Gasteiger partial charge >= 0.3 is 0 Å². The van der Waals surface area contributed by atoms with Crippen LogP contribution in [-0.2, 0) is 12.8 Å². The van der Waals surface area contributed by atoms with E-state index in [1.54, 1.807) is 16.7 Å². The van der Waals surface area contributed by atoms with Gasteiger partial charge in [0, 0.05) is 37.1 Å². The number of hydrogen-bond acceptors (Lipinski definition) is 4. The van der Waals surface area contributed by atoms with Crippen molar-refractivity contribution in [3.63, 3.8) is 0 Å². The van der Waals surface area contributed by atoms with Crippen LogP contribution < -0.4 is 4.74 Å². The summed E-state index contributed by atoms with van der Waals surface area (Å²) >= 11 is 0. The molecule has 3 aromatic heterocycles. The third-order valence-corrected chi connectivity index (χ3v) is 5.76. The zero-order valence-electron chi connectivity index (χ0n) is 18.2. The van der Waals surface area contributed by atoms with Crippen LogP contribution in [0.5, 0.6) is 5.75 Å². The Morgan fingerprint density at radius 3 is 2.84 bits per heavy atom. The fraction of sp³-hybridized carbons (Fsp3) is 0.458. The molecule has 0 aromatic carbocycles. The van der Waals surface area contributed by atoms with Gasteiger partial charge in [-0.05, 0) is 56.4 Å². The van der Waals surface area contributed by atoms with Crippen molar-refractivity contribution in [3.8, 4) is 5.75 Å². The molecule has 1 atom stereocenters. The van der Waals surface area contributed by atoms with Crippen LogP contribution in [-0.4, -0.2) is 44.4 Å². The Morgan fingerprint density at radius 1 is 1.19 bits per heavy atom. The van der Waals surface area contributed by atoms with E-state index in [0.29, 0.717) is 36.7 Å². The Balaban J connectivity index is 1.60. The number of ether oxygens (including phenoxy) is 1. The first-order valence-corrected chi connectivity index (χ1v) is 11.2. The van der Waals surface area contributed by atoms with Crippen molar-refractivity contribution >= 4 is 11.6 Å².